The Kier molecular flexibility index (Phi) is 3.78. The van der Waals surface area contributed by atoms with Crippen LogP contribution in [0.1, 0.15) is 31.2 Å². The summed E-state index contributed by atoms with van der Waals surface area (Å²) >= 11 is 0. The highest BCUT2D eigenvalue weighted by atomic mass is 16.3. The van der Waals surface area contributed by atoms with Crippen molar-refractivity contribution in [1.82, 2.24) is 0 Å². The van der Waals surface area contributed by atoms with Crippen molar-refractivity contribution in [2.24, 2.45) is 17.6 Å². The minimum atomic E-state index is 0.175. The lowest BCUT2D eigenvalue weighted by Crippen LogP contribution is -2.33. The van der Waals surface area contributed by atoms with Crippen LogP contribution in [-0.2, 0) is 11.2 Å². The van der Waals surface area contributed by atoms with Crippen molar-refractivity contribution >= 4 is 5.78 Å². The van der Waals surface area contributed by atoms with Crippen molar-refractivity contribution in [2.45, 2.75) is 32.1 Å². The summed E-state index contributed by atoms with van der Waals surface area (Å²) in [6, 6.07) is 1.86. The highest BCUT2D eigenvalue weighted by Gasteiger charge is 2.29. The van der Waals surface area contributed by atoms with Crippen LogP contribution < -0.4 is 5.73 Å². The van der Waals surface area contributed by atoms with Gasteiger partial charge in [0.05, 0.1) is 12.5 Å². The molecule has 1 aliphatic carbocycles. The third-order valence-corrected chi connectivity index (χ3v) is 3.58. The fourth-order valence-electron chi connectivity index (χ4n) is 2.64. The van der Waals surface area contributed by atoms with Crippen LogP contribution in [0, 0.1) is 11.8 Å². The predicted octanol–water partition coefficient (Wildman–Crippen LogP) is 2.16. The number of Topliss-reactive ketones (excluding diaryl/α,β-unsaturated/α-hetero) is 1. The van der Waals surface area contributed by atoms with E-state index in [2.05, 4.69) is 0 Å². The van der Waals surface area contributed by atoms with Crippen molar-refractivity contribution in [3.8, 4) is 0 Å². The molecule has 0 aromatic carbocycles. The molecule has 0 radical (unpaired) electrons. The van der Waals surface area contributed by atoms with Crippen LogP contribution in [-0.4, -0.2) is 12.3 Å². The molecule has 1 aromatic rings. The molecule has 1 heterocycles. The second-order valence-corrected chi connectivity index (χ2v) is 4.66. The average molecular weight is 221 g/mol. The normalized spacial score (nSPS) is 25.6. The Labute approximate surface area is 96.0 Å². The average Bonchev–Trinajstić information content (AvgIpc) is 2.81. The van der Waals surface area contributed by atoms with Gasteiger partial charge in [-0.05, 0) is 36.9 Å². The largest absolute Gasteiger partial charge is 0.472 e. The molecule has 2 rings (SSSR count). The molecule has 2 N–H and O–H groups in total. The summed E-state index contributed by atoms with van der Waals surface area (Å²) in [4.78, 5) is 12.1. The van der Waals surface area contributed by atoms with E-state index in [-0.39, 0.29) is 5.92 Å². The van der Waals surface area contributed by atoms with Crippen molar-refractivity contribution in [3.63, 3.8) is 0 Å². The third kappa shape index (κ3) is 2.53. The molecular weight excluding hydrogens is 202 g/mol. The molecule has 2 atom stereocenters. The SMILES string of the molecule is NCC1CCCCC1C(=O)Cc1ccoc1. The molecule has 16 heavy (non-hydrogen) atoms. The van der Waals surface area contributed by atoms with Gasteiger partial charge in [0.2, 0.25) is 0 Å². The smallest absolute Gasteiger partial charge is 0.140 e. The maximum absolute atomic E-state index is 12.1. The molecule has 3 heteroatoms. The van der Waals surface area contributed by atoms with Crippen LogP contribution in [0.25, 0.3) is 0 Å². The van der Waals surface area contributed by atoms with Gasteiger partial charge < -0.3 is 10.2 Å². The number of hydrogen-bond acceptors (Lipinski definition) is 3. The molecule has 0 aliphatic heterocycles. The maximum Gasteiger partial charge on any atom is 0.140 e. The molecule has 0 spiro atoms. The molecule has 0 bridgehead atoms. The molecular formula is C13H19NO2. The first-order valence-corrected chi connectivity index (χ1v) is 6.05. The van der Waals surface area contributed by atoms with E-state index in [9.17, 15) is 4.79 Å². The van der Waals surface area contributed by atoms with E-state index in [1.54, 1.807) is 12.5 Å². The van der Waals surface area contributed by atoms with Crippen LogP contribution in [0.3, 0.4) is 0 Å². The first-order valence-electron chi connectivity index (χ1n) is 6.05. The van der Waals surface area contributed by atoms with E-state index >= 15 is 0 Å². The Morgan fingerprint density at radius 3 is 2.94 bits per heavy atom. The van der Waals surface area contributed by atoms with Crippen molar-refractivity contribution in [3.05, 3.63) is 24.2 Å². The Morgan fingerprint density at radius 2 is 2.25 bits per heavy atom. The lowest BCUT2D eigenvalue weighted by atomic mass is 9.76. The van der Waals surface area contributed by atoms with Gasteiger partial charge in [-0.2, -0.15) is 0 Å². The standard InChI is InChI=1S/C13H19NO2/c14-8-11-3-1-2-4-12(11)13(15)7-10-5-6-16-9-10/h5-6,9,11-12H,1-4,7-8,14H2. The highest BCUT2D eigenvalue weighted by molar-refractivity contribution is 5.83. The minimum Gasteiger partial charge on any atom is -0.472 e. The molecule has 3 nitrogen and oxygen atoms in total. The fourth-order valence-corrected chi connectivity index (χ4v) is 2.64. The van der Waals surface area contributed by atoms with Crippen LogP contribution in [0.15, 0.2) is 23.0 Å². The summed E-state index contributed by atoms with van der Waals surface area (Å²) in [6.45, 7) is 0.641. The maximum atomic E-state index is 12.1. The molecule has 1 aliphatic rings. The summed E-state index contributed by atoms with van der Waals surface area (Å²) in [6.07, 6.45) is 8.27. The van der Waals surface area contributed by atoms with E-state index in [0.29, 0.717) is 24.7 Å². The zero-order valence-electron chi connectivity index (χ0n) is 9.52. The molecule has 1 aromatic heterocycles. The lowest BCUT2D eigenvalue weighted by molar-refractivity contribution is -0.124. The highest BCUT2D eigenvalue weighted by Crippen LogP contribution is 2.30. The Bertz CT molecular complexity index is 332. The van der Waals surface area contributed by atoms with Gasteiger partial charge in [0.15, 0.2) is 0 Å². The van der Waals surface area contributed by atoms with Gasteiger partial charge in [0.25, 0.3) is 0 Å². The van der Waals surface area contributed by atoms with Crippen LogP contribution in [0.5, 0.6) is 0 Å². The quantitative estimate of drug-likeness (QED) is 0.847. The third-order valence-electron chi connectivity index (χ3n) is 3.58. The summed E-state index contributed by atoms with van der Waals surface area (Å²) < 4.78 is 4.98. The number of hydrogen-bond donors (Lipinski definition) is 1. The fraction of sp³-hybridized carbons (Fsp3) is 0.615. The van der Waals surface area contributed by atoms with Crippen LogP contribution >= 0.6 is 0 Å². The van der Waals surface area contributed by atoms with Crippen molar-refractivity contribution in [2.75, 3.05) is 6.54 Å². The number of carbonyl (C=O) groups excluding carboxylic acids is 1. The molecule has 88 valence electrons. The summed E-state index contributed by atoms with van der Waals surface area (Å²) in [5, 5.41) is 0. The van der Waals surface area contributed by atoms with Crippen LogP contribution in [0.4, 0.5) is 0 Å². The molecule has 1 saturated carbocycles. The van der Waals surface area contributed by atoms with Gasteiger partial charge in [-0.1, -0.05) is 12.8 Å². The van der Waals surface area contributed by atoms with E-state index in [1.165, 1.54) is 6.42 Å². The van der Waals surface area contributed by atoms with Gasteiger partial charge in [0.1, 0.15) is 5.78 Å². The predicted molar refractivity (Wildman–Crippen MR) is 61.9 cm³/mol. The van der Waals surface area contributed by atoms with E-state index < -0.39 is 0 Å². The van der Waals surface area contributed by atoms with E-state index in [1.807, 2.05) is 6.07 Å². The molecule has 1 fully saturated rings. The second kappa shape index (κ2) is 5.30. The summed E-state index contributed by atoms with van der Waals surface area (Å²) in [5.41, 5.74) is 6.71. The van der Waals surface area contributed by atoms with E-state index in [0.717, 1.165) is 24.8 Å². The molecule has 0 saturated heterocycles. The zero-order valence-corrected chi connectivity index (χ0v) is 9.52. The number of ketones is 1. The second-order valence-electron chi connectivity index (χ2n) is 4.66. The van der Waals surface area contributed by atoms with Gasteiger partial charge in [-0.25, -0.2) is 0 Å². The number of carbonyl (C=O) groups is 1. The van der Waals surface area contributed by atoms with Crippen molar-refractivity contribution < 1.29 is 9.21 Å². The molecule has 0 amide bonds. The Balaban J connectivity index is 1.97. The lowest BCUT2D eigenvalue weighted by Gasteiger charge is -2.29. The number of rotatable bonds is 4. The topological polar surface area (TPSA) is 56.2 Å². The van der Waals surface area contributed by atoms with Gasteiger partial charge in [-0.3, -0.25) is 4.79 Å². The summed E-state index contributed by atoms with van der Waals surface area (Å²) in [5.74, 6) is 0.901. The zero-order chi connectivity index (χ0) is 11.4. The van der Waals surface area contributed by atoms with Gasteiger partial charge >= 0.3 is 0 Å². The monoisotopic (exact) mass is 221 g/mol. The van der Waals surface area contributed by atoms with Gasteiger partial charge in [-0.15, -0.1) is 0 Å². The Hall–Kier alpha value is -1.09. The van der Waals surface area contributed by atoms with Gasteiger partial charge in [0, 0.05) is 12.3 Å². The number of nitrogens with two attached hydrogens (primary N) is 1. The molecule has 2 unspecified atom stereocenters. The summed E-state index contributed by atoms with van der Waals surface area (Å²) in [7, 11) is 0. The Morgan fingerprint density at radius 1 is 1.44 bits per heavy atom. The van der Waals surface area contributed by atoms with Crippen molar-refractivity contribution in [1.29, 1.82) is 0 Å². The number of furan rings is 1. The van der Waals surface area contributed by atoms with Crippen LogP contribution in [0.2, 0.25) is 0 Å². The van der Waals surface area contributed by atoms with E-state index in [4.69, 9.17) is 10.2 Å². The minimum absolute atomic E-state index is 0.175. The first-order chi connectivity index (χ1) is 7.81. The first kappa shape index (κ1) is 11.4.